The van der Waals surface area contributed by atoms with Crippen LogP contribution in [-0.4, -0.2) is 35.7 Å². The largest absolute Gasteiger partial charge is 0.393 e. The van der Waals surface area contributed by atoms with E-state index >= 15 is 0 Å². The molecule has 4 nitrogen and oxygen atoms in total. The van der Waals surface area contributed by atoms with Crippen molar-refractivity contribution < 1.29 is 23.1 Å². The monoisotopic (exact) mass is 332 g/mol. The molecule has 23 heavy (non-hydrogen) atoms. The highest BCUT2D eigenvalue weighted by molar-refractivity contribution is 5.73. The molecule has 0 fully saturated rings. The van der Waals surface area contributed by atoms with Crippen LogP contribution in [0.2, 0.25) is 0 Å². The second-order valence-electron chi connectivity index (χ2n) is 6.61. The van der Waals surface area contributed by atoms with E-state index < -0.39 is 29.6 Å². The van der Waals surface area contributed by atoms with Crippen molar-refractivity contribution in [3.8, 4) is 0 Å². The van der Waals surface area contributed by atoms with Gasteiger partial charge in [0.15, 0.2) is 17.5 Å². The fourth-order valence-corrected chi connectivity index (χ4v) is 2.37. The lowest BCUT2D eigenvalue weighted by Gasteiger charge is -2.28. The van der Waals surface area contributed by atoms with Crippen LogP contribution >= 0.6 is 0 Å². The molecule has 0 aliphatic heterocycles. The van der Waals surface area contributed by atoms with Gasteiger partial charge in [0.2, 0.25) is 0 Å². The number of carbonyl (C=O) groups excluding carboxylic acids is 1. The Kier molecular flexibility index (Phi) is 6.44. The van der Waals surface area contributed by atoms with Crippen molar-refractivity contribution in [2.24, 2.45) is 5.41 Å². The molecule has 130 valence electrons. The Labute approximate surface area is 134 Å². The van der Waals surface area contributed by atoms with Gasteiger partial charge in [-0.3, -0.25) is 0 Å². The van der Waals surface area contributed by atoms with Gasteiger partial charge in [-0.2, -0.15) is 0 Å². The number of urea groups is 1. The van der Waals surface area contributed by atoms with E-state index in [1.54, 1.807) is 6.92 Å². The predicted octanol–water partition coefficient (Wildman–Crippen LogP) is 3.04. The zero-order chi connectivity index (χ0) is 17.8. The molecule has 0 bridgehead atoms. The number of aliphatic hydroxyl groups excluding tert-OH is 1. The second-order valence-corrected chi connectivity index (χ2v) is 6.61. The fraction of sp³-hybridized carbons (Fsp3) is 0.562. The lowest BCUT2D eigenvalue weighted by Crippen LogP contribution is -2.42. The first-order valence-electron chi connectivity index (χ1n) is 7.32. The summed E-state index contributed by atoms with van der Waals surface area (Å²) in [6.45, 7) is 5.77. The number of hydrogen-bond acceptors (Lipinski definition) is 2. The van der Waals surface area contributed by atoms with Gasteiger partial charge in [0, 0.05) is 20.1 Å². The summed E-state index contributed by atoms with van der Waals surface area (Å²) in [5.74, 6) is -4.10. The van der Waals surface area contributed by atoms with E-state index in [1.807, 2.05) is 13.8 Å². The number of hydrogen-bond donors (Lipinski definition) is 2. The van der Waals surface area contributed by atoms with Gasteiger partial charge >= 0.3 is 6.03 Å². The zero-order valence-corrected chi connectivity index (χ0v) is 13.8. The Balaban J connectivity index is 2.61. The summed E-state index contributed by atoms with van der Waals surface area (Å²) in [6.07, 6.45) is 0.0376. The molecule has 0 spiro atoms. The molecular weight excluding hydrogens is 309 g/mol. The minimum Gasteiger partial charge on any atom is -0.393 e. The zero-order valence-electron chi connectivity index (χ0n) is 13.8. The minimum absolute atomic E-state index is 0.0587. The predicted molar refractivity (Wildman–Crippen MR) is 81.3 cm³/mol. The Hall–Kier alpha value is -1.76. The first-order valence-corrected chi connectivity index (χ1v) is 7.32. The molecule has 0 radical (unpaired) electrons. The van der Waals surface area contributed by atoms with Gasteiger partial charge in [-0.25, -0.2) is 18.0 Å². The highest BCUT2D eigenvalue weighted by Crippen LogP contribution is 2.21. The SMILES string of the molecule is CC(O)CC(C)(C)CNC(=O)N(C)Cc1cc(F)c(F)c(F)c1. The summed E-state index contributed by atoms with van der Waals surface area (Å²) in [5, 5.41) is 12.1. The van der Waals surface area contributed by atoms with Gasteiger partial charge in [0.1, 0.15) is 0 Å². The molecular formula is C16H23F3N2O2. The van der Waals surface area contributed by atoms with Crippen LogP contribution in [0, 0.1) is 22.9 Å². The van der Waals surface area contributed by atoms with Crippen molar-refractivity contribution in [1.82, 2.24) is 10.2 Å². The molecule has 0 heterocycles. The van der Waals surface area contributed by atoms with Gasteiger partial charge in [-0.15, -0.1) is 0 Å². The molecule has 0 saturated heterocycles. The standard InChI is InChI=1S/C16H23F3N2O2/c1-10(22)7-16(2,3)9-20-15(23)21(4)8-11-5-12(17)14(19)13(18)6-11/h5-6,10,22H,7-9H2,1-4H3,(H,20,23). The van der Waals surface area contributed by atoms with E-state index in [9.17, 15) is 23.1 Å². The third kappa shape index (κ3) is 6.09. The lowest BCUT2D eigenvalue weighted by molar-refractivity contribution is 0.127. The molecule has 0 aliphatic rings. The van der Waals surface area contributed by atoms with E-state index in [2.05, 4.69) is 5.32 Å². The number of amides is 2. The summed E-state index contributed by atoms with van der Waals surface area (Å²) in [5.41, 5.74) is -0.138. The number of halogens is 3. The Morgan fingerprint density at radius 3 is 2.30 bits per heavy atom. The third-order valence-electron chi connectivity index (χ3n) is 3.38. The van der Waals surface area contributed by atoms with Gasteiger partial charge in [0.05, 0.1) is 6.10 Å². The maximum Gasteiger partial charge on any atom is 0.317 e. The molecule has 1 aromatic carbocycles. The van der Waals surface area contributed by atoms with Crippen LogP contribution < -0.4 is 5.32 Å². The van der Waals surface area contributed by atoms with Gasteiger partial charge in [0.25, 0.3) is 0 Å². The first kappa shape index (κ1) is 19.3. The van der Waals surface area contributed by atoms with Crippen LogP contribution in [0.1, 0.15) is 32.8 Å². The summed E-state index contributed by atoms with van der Waals surface area (Å²) < 4.78 is 39.2. The fourth-order valence-electron chi connectivity index (χ4n) is 2.37. The van der Waals surface area contributed by atoms with E-state index in [1.165, 1.54) is 11.9 Å². The first-order chi connectivity index (χ1) is 10.5. The van der Waals surface area contributed by atoms with E-state index in [-0.39, 0.29) is 17.5 Å². The van der Waals surface area contributed by atoms with Crippen molar-refractivity contribution in [1.29, 1.82) is 0 Å². The maximum atomic E-state index is 13.2. The van der Waals surface area contributed by atoms with Crippen LogP contribution in [0.3, 0.4) is 0 Å². The van der Waals surface area contributed by atoms with E-state index in [4.69, 9.17) is 0 Å². The maximum absolute atomic E-state index is 13.2. The van der Waals surface area contributed by atoms with E-state index in [0.29, 0.717) is 13.0 Å². The average molecular weight is 332 g/mol. The Morgan fingerprint density at radius 1 is 1.30 bits per heavy atom. The Bertz CT molecular complexity index is 539. The number of carbonyl (C=O) groups is 1. The summed E-state index contributed by atoms with van der Waals surface area (Å²) >= 11 is 0. The van der Waals surface area contributed by atoms with Crippen molar-refractivity contribution in [2.45, 2.75) is 39.8 Å². The lowest BCUT2D eigenvalue weighted by atomic mass is 9.87. The normalized spacial score (nSPS) is 12.9. The topological polar surface area (TPSA) is 52.6 Å². The molecule has 0 saturated carbocycles. The number of nitrogens with zero attached hydrogens (tertiary/aromatic N) is 1. The highest BCUT2D eigenvalue weighted by Gasteiger charge is 2.22. The molecule has 2 amide bonds. The number of aliphatic hydroxyl groups is 1. The average Bonchev–Trinajstić information content (AvgIpc) is 2.40. The van der Waals surface area contributed by atoms with Crippen LogP contribution in [0.4, 0.5) is 18.0 Å². The van der Waals surface area contributed by atoms with Crippen molar-refractivity contribution in [2.75, 3.05) is 13.6 Å². The number of nitrogens with one attached hydrogen (secondary N) is 1. The molecule has 1 unspecified atom stereocenters. The molecule has 1 rings (SSSR count). The molecule has 0 aliphatic carbocycles. The quantitative estimate of drug-likeness (QED) is 0.787. The molecule has 1 atom stereocenters. The molecule has 1 aromatic rings. The minimum atomic E-state index is -1.53. The number of rotatable bonds is 6. The Morgan fingerprint density at radius 2 is 1.83 bits per heavy atom. The van der Waals surface area contributed by atoms with Crippen LogP contribution in [0.25, 0.3) is 0 Å². The van der Waals surface area contributed by atoms with Gasteiger partial charge in [-0.1, -0.05) is 13.8 Å². The van der Waals surface area contributed by atoms with Crippen LogP contribution in [-0.2, 0) is 6.54 Å². The van der Waals surface area contributed by atoms with Crippen molar-refractivity contribution in [3.05, 3.63) is 35.1 Å². The summed E-state index contributed by atoms with van der Waals surface area (Å²) in [7, 11) is 1.47. The third-order valence-corrected chi connectivity index (χ3v) is 3.38. The number of benzene rings is 1. The van der Waals surface area contributed by atoms with E-state index in [0.717, 1.165) is 12.1 Å². The summed E-state index contributed by atoms with van der Waals surface area (Å²) in [6, 6.07) is 1.30. The highest BCUT2D eigenvalue weighted by atomic mass is 19.2. The van der Waals surface area contributed by atoms with Gasteiger partial charge in [-0.05, 0) is 36.5 Å². The van der Waals surface area contributed by atoms with Crippen LogP contribution in [0.15, 0.2) is 12.1 Å². The smallest absolute Gasteiger partial charge is 0.317 e. The van der Waals surface area contributed by atoms with Crippen molar-refractivity contribution in [3.63, 3.8) is 0 Å². The van der Waals surface area contributed by atoms with Crippen LogP contribution in [0.5, 0.6) is 0 Å². The second kappa shape index (κ2) is 7.68. The molecule has 7 heteroatoms. The summed E-state index contributed by atoms with van der Waals surface area (Å²) in [4.78, 5) is 13.2. The molecule has 2 N–H and O–H groups in total. The van der Waals surface area contributed by atoms with Crippen molar-refractivity contribution >= 4 is 6.03 Å². The van der Waals surface area contributed by atoms with Gasteiger partial charge < -0.3 is 15.3 Å². The molecule has 0 aromatic heterocycles.